The lowest BCUT2D eigenvalue weighted by molar-refractivity contribution is -0.140. The first-order chi connectivity index (χ1) is 57.6. The number of nitrogens with one attached hydrogen (secondary N) is 16. The first-order valence-electron chi connectivity index (χ1n) is 38.4. The lowest BCUT2D eigenvalue weighted by Gasteiger charge is -2.28. The number of aliphatic carboxylic acids is 3. The number of nitrogens with zero attached hydrogens (tertiary/aromatic N) is 1. The van der Waals surface area contributed by atoms with Crippen LogP contribution in [0.4, 0.5) is 0 Å². The van der Waals surface area contributed by atoms with Gasteiger partial charge in [0.05, 0.1) is 31.8 Å². The van der Waals surface area contributed by atoms with Crippen molar-refractivity contribution < 1.29 is 102 Å². The minimum absolute atomic E-state index is 0.0712. The van der Waals surface area contributed by atoms with Crippen LogP contribution in [0.5, 0.6) is 5.75 Å². The number of hydrogen-bond donors (Lipinski definition) is 25. The van der Waals surface area contributed by atoms with E-state index in [1.165, 1.54) is 43.0 Å². The zero-order chi connectivity index (χ0) is 88.7. The summed E-state index contributed by atoms with van der Waals surface area (Å²) in [6.45, 7) is -1.52. The Morgan fingerprint density at radius 3 is 1.33 bits per heavy atom. The Morgan fingerprint density at radius 1 is 0.405 bits per heavy atom. The molecule has 0 unspecified atom stereocenters. The number of nitrogens with two attached hydrogens (primary N) is 5. The second-order valence-corrected chi connectivity index (χ2v) is 28.2. The topological polar surface area (TPSA) is 726 Å². The maximum Gasteiger partial charge on any atom is 0.322 e. The Hall–Kier alpha value is -14.4. The van der Waals surface area contributed by atoms with Crippen molar-refractivity contribution in [2.75, 3.05) is 26.2 Å². The molecule has 2 heterocycles. The van der Waals surface area contributed by atoms with Crippen LogP contribution >= 0.6 is 0 Å². The molecule has 43 nitrogen and oxygen atoms in total. The minimum atomic E-state index is -2.06. The number of unbranched alkanes of at least 4 members (excludes halogenated alkanes) is 1. The van der Waals surface area contributed by atoms with Gasteiger partial charge >= 0.3 is 17.9 Å². The molecule has 0 saturated carbocycles. The van der Waals surface area contributed by atoms with E-state index in [9.17, 15) is 87.5 Å². The lowest BCUT2D eigenvalue weighted by atomic mass is 10.00. The van der Waals surface area contributed by atoms with Crippen LogP contribution in [-0.2, 0) is 114 Å². The predicted molar refractivity (Wildman–Crippen MR) is 431 cm³/mol. The summed E-state index contributed by atoms with van der Waals surface area (Å²) in [6, 6.07) is 10.3. The second-order valence-electron chi connectivity index (χ2n) is 28.2. The molecule has 0 aliphatic rings. The first-order valence-corrected chi connectivity index (χ1v) is 38.4. The molecule has 0 radical (unpaired) electrons. The molecule has 0 saturated heterocycles. The molecule has 650 valence electrons. The van der Waals surface area contributed by atoms with E-state index in [1.54, 1.807) is 84.9 Å². The molecule has 0 aliphatic heterocycles. The number of imidazole rings is 1. The highest BCUT2D eigenvalue weighted by molar-refractivity contribution is 6.01. The van der Waals surface area contributed by atoms with Crippen molar-refractivity contribution in [1.29, 1.82) is 5.41 Å². The van der Waals surface area contributed by atoms with E-state index in [0.29, 0.717) is 45.3 Å². The van der Waals surface area contributed by atoms with Crippen molar-refractivity contribution in [3.8, 4) is 5.75 Å². The molecule has 0 spiro atoms. The number of para-hydroxylation sites is 1. The van der Waals surface area contributed by atoms with Gasteiger partial charge in [-0.05, 0) is 91.9 Å². The van der Waals surface area contributed by atoms with Crippen LogP contribution in [0.2, 0.25) is 0 Å². The van der Waals surface area contributed by atoms with Gasteiger partial charge in [-0.15, -0.1) is 0 Å². The fourth-order valence-electron chi connectivity index (χ4n) is 12.4. The number of aromatic amines is 2. The maximum absolute atomic E-state index is 15.4. The molecule has 0 fully saturated rings. The van der Waals surface area contributed by atoms with Gasteiger partial charge in [0.1, 0.15) is 72.7 Å². The number of H-pyrrole nitrogens is 2. The highest BCUT2D eigenvalue weighted by atomic mass is 16.4. The third-order valence-corrected chi connectivity index (χ3v) is 18.6. The summed E-state index contributed by atoms with van der Waals surface area (Å²) in [4.78, 5) is 242. The van der Waals surface area contributed by atoms with Gasteiger partial charge < -0.3 is 128 Å². The van der Waals surface area contributed by atoms with E-state index < -0.39 is 231 Å². The number of aromatic nitrogens is 3. The molecule has 0 aliphatic carbocycles. The number of hydrogen-bond acceptors (Lipinski definition) is 22. The number of carboxylic acids is 3. The summed E-state index contributed by atoms with van der Waals surface area (Å²) in [6.07, 6.45) is -1.91. The molecule has 43 heteroatoms. The highest BCUT2D eigenvalue weighted by Crippen LogP contribution is 2.21. The monoisotopic (exact) mass is 1680 g/mol. The zero-order valence-corrected chi connectivity index (χ0v) is 65.7. The van der Waals surface area contributed by atoms with Crippen molar-refractivity contribution >= 4 is 117 Å². The van der Waals surface area contributed by atoms with Gasteiger partial charge in [-0.25, -0.2) is 4.98 Å². The average Bonchev–Trinajstić information content (AvgIpc) is 1.71. The van der Waals surface area contributed by atoms with Gasteiger partial charge in [0, 0.05) is 80.5 Å². The van der Waals surface area contributed by atoms with Crippen LogP contribution in [0.1, 0.15) is 98.6 Å². The van der Waals surface area contributed by atoms with Crippen LogP contribution in [0.15, 0.2) is 128 Å². The van der Waals surface area contributed by atoms with Crippen molar-refractivity contribution in [2.24, 2.45) is 28.7 Å². The molecular weight excluding hydrogens is 1580 g/mol. The molecule has 14 amide bonds. The fourth-order valence-corrected chi connectivity index (χ4v) is 12.4. The Labute approximate surface area is 691 Å². The normalized spacial score (nSPS) is 13.7. The van der Waals surface area contributed by atoms with Crippen LogP contribution in [0, 0.1) is 5.41 Å². The fraction of sp³-hybridized carbons (Fsp3) is 0.397. The third-order valence-electron chi connectivity index (χ3n) is 18.6. The number of fused-ring (bicyclic) bond motifs is 1. The molecule has 11 atom stereocenters. The summed E-state index contributed by atoms with van der Waals surface area (Å²) >= 11 is 0. The molecule has 0 bridgehead atoms. The summed E-state index contributed by atoms with van der Waals surface area (Å²) in [5.74, 6) is -20.0. The summed E-state index contributed by atoms with van der Waals surface area (Å²) in [5, 5.41) is 78.9. The van der Waals surface area contributed by atoms with Gasteiger partial charge in [0.15, 0.2) is 5.96 Å². The largest absolute Gasteiger partial charge is 0.508 e. The van der Waals surface area contributed by atoms with E-state index in [2.05, 4.69) is 84.1 Å². The van der Waals surface area contributed by atoms with Crippen molar-refractivity contribution in [3.63, 3.8) is 0 Å². The number of amides is 14. The van der Waals surface area contributed by atoms with Crippen molar-refractivity contribution in [3.05, 3.63) is 156 Å². The Morgan fingerprint density at radius 2 is 0.843 bits per heavy atom. The number of rotatable bonds is 53. The summed E-state index contributed by atoms with van der Waals surface area (Å²) < 4.78 is 0. The van der Waals surface area contributed by atoms with E-state index in [0.717, 1.165) is 0 Å². The SMILES string of the molecule is N=C(N)NCCC[C@H](NC(=O)[C@H](CCC(N)=O)NC(=O)[C@@H](N)CC(=O)O)C(=O)N[C@@H](CCC(=O)O)C(=O)N[C@@H](CC(N)=O)C(=O)N[C@@H](Cc1c[nH]c2ccccc12)C(=O)N[C@@H](Cc1ccccc1)C(=O)N[C@@H](CCCCN)C(=O)N[C@@H](Cc1ccc(O)cc1)C(=O)N[C@@H](Cc1cnc[nH]1)C(=O)NCC(=O)N[C@@H](Cc1ccccc1)C(=O)NCC(=O)O. The maximum atomic E-state index is 15.4. The number of carboxylic acid groups (broad SMARTS) is 3. The van der Waals surface area contributed by atoms with Gasteiger partial charge in [-0.3, -0.25) is 86.9 Å². The standard InChI is InChI=1S/C78H102N22O21/c79-28-10-9-18-51(71(115)96-57(32-44-20-22-47(101)23-21-44)75(119)99-59(34-46-38-85-41-90-46)69(113)88-39-63(104)91-55(68(112)89-40-66(109)110)30-42-12-3-1-4-13-42)94-74(118)56(31-43-14-5-2-6-15-43)97-76(120)58(33-45-37-87-50-17-8-7-16-48(45)50)98-77(121)60(36-62(82)103)100-73(117)54(25-27-64(105)106)95-70(114)52(19-11-29-86-78(83)84)93-72(116)53(24-26-61(81)102)92-67(111)49(80)35-65(107)108/h1-8,12-17,20-23,37-38,41,49,51-60,87,101H,9-11,18-19,24-36,39-40,79-80H2,(H2,81,102)(H2,82,103)(H,85,90)(H,88,113)(H,89,112)(H,91,104)(H,92,111)(H,93,116)(H,94,118)(H,95,114)(H,96,115)(H,97,120)(H,98,121)(H,99,119)(H,100,117)(H,105,106)(H,107,108)(H,109,110)(H4,83,84,86)/t49-,51-,52-,53-,54-,55-,56-,57-,58-,59-,60-/m0/s1. The number of carbonyl (C=O) groups is 17. The van der Waals surface area contributed by atoms with Crippen LogP contribution in [-0.4, -0.2) is 235 Å². The lowest BCUT2D eigenvalue weighted by Crippen LogP contribution is -2.61. The molecule has 30 N–H and O–H groups in total. The Kier molecular flexibility index (Phi) is 38.6. The zero-order valence-electron chi connectivity index (χ0n) is 65.7. The summed E-state index contributed by atoms with van der Waals surface area (Å²) in [5.41, 5.74) is 30.8. The first kappa shape index (κ1) is 95.5. The number of phenols is 1. The summed E-state index contributed by atoms with van der Waals surface area (Å²) in [7, 11) is 0. The van der Waals surface area contributed by atoms with E-state index in [-0.39, 0.29) is 70.2 Å². The molecule has 4 aromatic carbocycles. The smallest absolute Gasteiger partial charge is 0.322 e. The highest BCUT2D eigenvalue weighted by Gasteiger charge is 2.38. The van der Waals surface area contributed by atoms with Gasteiger partial charge in [0.25, 0.3) is 0 Å². The predicted octanol–water partition coefficient (Wildman–Crippen LogP) is -5.53. The number of guanidine groups is 1. The third kappa shape index (κ3) is 34.0. The quantitative estimate of drug-likeness (QED) is 0.00962. The second kappa shape index (κ2) is 49.0. The molecular formula is C78H102N22O21. The van der Waals surface area contributed by atoms with Crippen LogP contribution in [0.25, 0.3) is 10.9 Å². The molecule has 121 heavy (non-hydrogen) atoms. The Balaban J connectivity index is 1.30. The minimum Gasteiger partial charge on any atom is -0.508 e. The van der Waals surface area contributed by atoms with Gasteiger partial charge in [0.2, 0.25) is 82.7 Å². The number of carbonyl (C=O) groups excluding carboxylic acids is 14. The van der Waals surface area contributed by atoms with Crippen LogP contribution in [0.3, 0.4) is 0 Å². The number of benzene rings is 4. The average molecular weight is 1680 g/mol. The Bertz CT molecular complexity index is 4590. The van der Waals surface area contributed by atoms with E-state index in [4.69, 9.17) is 34.1 Å². The van der Waals surface area contributed by atoms with Gasteiger partial charge in [-0.1, -0.05) is 91.0 Å². The number of phenolic OH excluding ortho intramolecular Hbond substituents is 1. The van der Waals surface area contributed by atoms with Crippen molar-refractivity contribution in [2.45, 2.75) is 169 Å². The molecule has 2 aromatic heterocycles. The van der Waals surface area contributed by atoms with Crippen LogP contribution < -0.4 is 97.8 Å². The van der Waals surface area contributed by atoms with Gasteiger partial charge in [-0.2, -0.15) is 0 Å². The van der Waals surface area contributed by atoms with E-state index in [1.807, 2.05) is 0 Å². The number of aromatic hydroxyl groups is 1. The molecule has 6 aromatic rings. The number of primary amides is 2. The van der Waals surface area contributed by atoms with E-state index >= 15 is 14.4 Å². The van der Waals surface area contributed by atoms with Crippen molar-refractivity contribution in [1.82, 2.24) is 84.1 Å². The molecule has 6 rings (SSSR count).